The molecule has 0 aromatic heterocycles. The Bertz CT molecular complexity index is 1060. The number of benzene rings is 1. The van der Waals surface area contributed by atoms with Crippen LogP contribution in [0.4, 0.5) is 11.4 Å². The van der Waals surface area contributed by atoms with E-state index in [-0.39, 0.29) is 17.8 Å². The van der Waals surface area contributed by atoms with Crippen molar-refractivity contribution in [1.82, 2.24) is 4.72 Å². The average molecular weight is 464 g/mol. The van der Waals surface area contributed by atoms with Gasteiger partial charge in [0.05, 0.1) is 26.0 Å². The molecule has 174 valence electrons. The van der Waals surface area contributed by atoms with E-state index >= 15 is 0 Å². The van der Waals surface area contributed by atoms with E-state index in [9.17, 15) is 18.0 Å². The first-order valence-electron chi connectivity index (χ1n) is 9.98. The van der Waals surface area contributed by atoms with Crippen LogP contribution in [0.1, 0.15) is 12.5 Å². The number of esters is 2. The van der Waals surface area contributed by atoms with Crippen LogP contribution in [-0.2, 0) is 29.1 Å². The van der Waals surface area contributed by atoms with Crippen LogP contribution >= 0.6 is 0 Å². The van der Waals surface area contributed by atoms with E-state index in [0.29, 0.717) is 18.8 Å². The maximum Gasteiger partial charge on any atom is 0.355 e. The van der Waals surface area contributed by atoms with Crippen molar-refractivity contribution in [3.05, 3.63) is 59.5 Å². The highest BCUT2D eigenvalue weighted by atomic mass is 32.2. The Kier molecular flexibility index (Phi) is 8.62. The second kappa shape index (κ2) is 11.0. The summed E-state index contributed by atoms with van der Waals surface area (Å²) in [6.45, 7) is 5.33. The topological polar surface area (TPSA) is 105 Å². The number of carbonyl (C=O) groups is 2. The Morgan fingerprint density at radius 3 is 2.38 bits per heavy atom. The normalized spacial score (nSPS) is 13.7. The van der Waals surface area contributed by atoms with Gasteiger partial charge < -0.3 is 19.3 Å². The number of carbonyl (C=O) groups excluding carboxylic acids is 2. The number of allylic oxidation sites excluding steroid dienone is 2. The summed E-state index contributed by atoms with van der Waals surface area (Å²) in [5.41, 5.74) is 2.55. The number of aryl methyl sites for hydroxylation is 1. The summed E-state index contributed by atoms with van der Waals surface area (Å²) in [7, 11) is -0.759. The third kappa shape index (κ3) is 6.21. The van der Waals surface area contributed by atoms with Crippen molar-refractivity contribution in [2.75, 3.05) is 49.9 Å². The zero-order valence-corrected chi connectivity index (χ0v) is 19.7. The van der Waals surface area contributed by atoms with Crippen molar-refractivity contribution in [3.63, 3.8) is 0 Å². The van der Waals surface area contributed by atoms with Gasteiger partial charge in [0.25, 0.3) is 0 Å². The highest BCUT2D eigenvalue weighted by Gasteiger charge is 2.28. The number of likely N-dealkylation sites (N-methyl/N-ethyl adjacent to an activating group) is 1. The average Bonchev–Trinajstić information content (AvgIpc) is 2.97. The van der Waals surface area contributed by atoms with E-state index in [1.807, 2.05) is 36.9 Å². The van der Waals surface area contributed by atoms with Crippen LogP contribution in [0.3, 0.4) is 0 Å². The molecule has 0 amide bonds. The maximum absolute atomic E-state index is 12.6. The first-order chi connectivity index (χ1) is 15.1. The summed E-state index contributed by atoms with van der Waals surface area (Å²) in [5, 5.41) is 0. The summed E-state index contributed by atoms with van der Waals surface area (Å²) in [4.78, 5) is 28.6. The van der Waals surface area contributed by atoms with Gasteiger partial charge in [0, 0.05) is 37.2 Å². The van der Waals surface area contributed by atoms with E-state index < -0.39 is 22.0 Å². The van der Waals surface area contributed by atoms with E-state index in [0.717, 1.165) is 17.5 Å². The fourth-order valence-corrected chi connectivity index (χ4v) is 3.76. The summed E-state index contributed by atoms with van der Waals surface area (Å²) in [6, 6.07) is 5.66. The molecule has 0 atom stereocenters. The third-order valence-electron chi connectivity index (χ3n) is 4.82. The first-order valence-corrected chi connectivity index (χ1v) is 11.9. The van der Waals surface area contributed by atoms with Crippen molar-refractivity contribution < 1.29 is 27.5 Å². The number of anilines is 2. The monoisotopic (exact) mass is 463 g/mol. The van der Waals surface area contributed by atoms with Gasteiger partial charge >= 0.3 is 11.9 Å². The van der Waals surface area contributed by atoms with Gasteiger partial charge in [-0.3, -0.25) is 0 Å². The largest absolute Gasteiger partial charge is 0.465 e. The van der Waals surface area contributed by atoms with Crippen LogP contribution in [0.25, 0.3) is 0 Å². The molecule has 1 aromatic carbocycles. The van der Waals surface area contributed by atoms with Gasteiger partial charge in [-0.15, -0.1) is 0 Å². The van der Waals surface area contributed by atoms with Gasteiger partial charge in [0.1, 0.15) is 5.70 Å². The smallest absolute Gasteiger partial charge is 0.355 e. The minimum atomic E-state index is -3.26. The standard InChI is InChI=1S/C22H29N3O6S/c1-6-24(14-12-23-32(5,28)29)17-10-11-19(16(2)15-17)25-13-8-7-9-18(21(26)30-3)20(25)22(27)31-4/h7-11,13,15,23H,6,12,14H2,1-5H3. The predicted octanol–water partition coefficient (Wildman–Crippen LogP) is 1.86. The van der Waals surface area contributed by atoms with Crippen molar-refractivity contribution in [1.29, 1.82) is 0 Å². The van der Waals surface area contributed by atoms with Crippen LogP contribution in [0, 0.1) is 6.92 Å². The van der Waals surface area contributed by atoms with Crippen molar-refractivity contribution >= 4 is 33.3 Å². The summed E-state index contributed by atoms with van der Waals surface area (Å²) in [5.74, 6) is -1.33. The quantitative estimate of drug-likeness (QED) is 0.554. The van der Waals surface area contributed by atoms with Crippen LogP contribution in [0.15, 0.2) is 53.9 Å². The first kappa shape index (κ1) is 25.2. The Morgan fingerprint density at radius 2 is 1.81 bits per heavy atom. The molecule has 0 radical (unpaired) electrons. The predicted molar refractivity (Wildman–Crippen MR) is 124 cm³/mol. The molecule has 2 rings (SSSR count). The van der Waals surface area contributed by atoms with Gasteiger partial charge in [-0.1, -0.05) is 6.08 Å². The van der Waals surface area contributed by atoms with Gasteiger partial charge in [-0.2, -0.15) is 0 Å². The number of nitrogens with one attached hydrogen (secondary N) is 1. The maximum atomic E-state index is 12.6. The second-order valence-corrected chi connectivity index (χ2v) is 8.87. The Labute approximate surface area is 189 Å². The number of sulfonamides is 1. The van der Waals surface area contributed by atoms with Crippen molar-refractivity contribution in [2.24, 2.45) is 0 Å². The number of hydrogen-bond acceptors (Lipinski definition) is 8. The fourth-order valence-electron chi connectivity index (χ4n) is 3.29. The van der Waals surface area contributed by atoms with Gasteiger partial charge in [0.2, 0.25) is 10.0 Å². The van der Waals surface area contributed by atoms with E-state index in [1.165, 1.54) is 20.3 Å². The molecule has 0 fully saturated rings. The van der Waals surface area contributed by atoms with E-state index in [1.54, 1.807) is 23.3 Å². The molecule has 32 heavy (non-hydrogen) atoms. The molecule has 10 heteroatoms. The van der Waals surface area contributed by atoms with Crippen molar-refractivity contribution in [2.45, 2.75) is 13.8 Å². The molecule has 0 aliphatic carbocycles. The lowest BCUT2D eigenvalue weighted by Gasteiger charge is -2.27. The van der Waals surface area contributed by atoms with Crippen LogP contribution in [0.5, 0.6) is 0 Å². The molecule has 0 saturated heterocycles. The lowest BCUT2D eigenvalue weighted by Crippen LogP contribution is -2.34. The zero-order valence-electron chi connectivity index (χ0n) is 18.9. The molecule has 0 unspecified atom stereocenters. The highest BCUT2D eigenvalue weighted by Crippen LogP contribution is 2.31. The summed E-state index contributed by atoms with van der Waals surface area (Å²) >= 11 is 0. The number of nitrogens with zero attached hydrogens (tertiary/aromatic N) is 2. The van der Waals surface area contributed by atoms with Gasteiger partial charge in [-0.05, 0) is 49.8 Å². The Morgan fingerprint density at radius 1 is 1.12 bits per heavy atom. The molecule has 0 spiro atoms. The highest BCUT2D eigenvalue weighted by molar-refractivity contribution is 7.88. The molecule has 0 bridgehead atoms. The minimum absolute atomic E-state index is 0.0462. The molecule has 1 aliphatic rings. The summed E-state index contributed by atoms with van der Waals surface area (Å²) < 4.78 is 34.9. The van der Waals surface area contributed by atoms with Gasteiger partial charge in [-0.25, -0.2) is 22.7 Å². The zero-order chi connectivity index (χ0) is 23.9. The molecule has 1 N–H and O–H groups in total. The number of rotatable bonds is 9. The molecular weight excluding hydrogens is 434 g/mol. The van der Waals surface area contributed by atoms with Crippen LogP contribution in [-0.4, -0.2) is 60.5 Å². The molecule has 9 nitrogen and oxygen atoms in total. The second-order valence-electron chi connectivity index (χ2n) is 7.03. The molecule has 0 saturated carbocycles. The lowest BCUT2D eigenvalue weighted by atomic mass is 10.1. The van der Waals surface area contributed by atoms with E-state index in [4.69, 9.17) is 9.47 Å². The minimum Gasteiger partial charge on any atom is -0.465 e. The van der Waals surface area contributed by atoms with Crippen LogP contribution in [0.2, 0.25) is 0 Å². The Balaban J connectivity index is 2.43. The SMILES string of the molecule is CCN(CCNS(C)(=O)=O)c1ccc(N2C=CC=CC(C(=O)OC)=C2C(=O)OC)c(C)c1. The number of ether oxygens (including phenoxy) is 2. The molecule has 1 heterocycles. The van der Waals surface area contributed by atoms with E-state index in [2.05, 4.69) is 4.72 Å². The molecule has 1 aliphatic heterocycles. The third-order valence-corrected chi connectivity index (χ3v) is 5.55. The fraction of sp³-hybridized carbons (Fsp3) is 0.364. The Hall–Kier alpha value is -3.11. The molecular formula is C22H29N3O6S. The van der Waals surface area contributed by atoms with Crippen molar-refractivity contribution in [3.8, 4) is 0 Å². The van der Waals surface area contributed by atoms with Crippen LogP contribution < -0.4 is 14.5 Å². The number of methoxy groups -OCH3 is 2. The van der Waals surface area contributed by atoms with Gasteiger partial charge in [0.15, 0.2) is 0 Å². The lowest BCUT2D eigenvalue weighted by molar-refractivity contribution is -0.139. The number of hydrogen-bond donors (Lipinski definition) is 1. The summed E-state index contributed by atoms with van der Waals surface area (Å²) in [6.07, 6.45) is 7.66. The molecule has 1 aromatic rings.